The minimum atomic E-state index is -0.0547. The van der Waals surface area contributed by atoms with Crippen LogP contribution in [0.4, 0.5) is 11.6 Å². The van der Waals surface area contributed by atoms with Crippen molar-refractivity contribution in [2.75, 3.05) is 18.1 Å². The number of nitrogen functional groups attached to an aromatic ring is 2. The number of anilines is 2. The monoisotopic (exact) mass is 234 g/mol. The fourth-order valence-corrected chi connectivity index (χ4v) is 1.68. The van der Waals surface area contributed by atoms with Gasteiger partial charge in [0.2, 0.25) is 0 Å². The van der Waals surface area contributed by atoms with E-state index in [-0.39, 0.29) is 18.2 Å². The molecule has 0 spiro atoms. The number of aromatic nitrogens is 2. The summed E-state index contributed by atoms with van der Waals surface area (Å²) >= 11 is 0. The van der Waals surface area contributed by atoms with E-state index in [9.17, 15) is 5.11 Å². The van der Waals surface area contributed by atoms with Crippen molar-refractivity contribution < 1.29 is 10.2 Å². The first-order valence-electron chi connectivity index (χ1n) is 5.17. The second kappa shape index (κ2) is 4.34. The van der Waals surface area contributed by atoms with Gasteiger partial charge in [-0.15, -0.1) is 5.10 Å². The Bertz CT molecular complexity index is 536. The van der Waals surface area contributed by atoms with Gasteiger partial charge in [-0.2, -0.15) is 0 Å². The number of para-hydroxylation sites is 2. The maximum Gasteiger partial charge on any atom is 0.151 e. The molecule has 0 saturated carbocycles. The van der Waals surface area contributed by atoms with Crippen LogP contribution in [0.3, 0.4) is 0 Å². The lowest BCUT2D eigenvalue weighted by atomic mass is 10.2. The average Bonchev–Trinajstić information content (AvgIpc) is 2.58. The highest BCUT2D eigenvalue weighted by molar-refractivity contribution is 5.60. The van der Waals surface area contributed by atoms with E-state index in [1.54, 1.807) is 24.3 Å². The van der Waals surface area contributed by atoms with Gasteiger partial charge in [-0.1, -0.05) is 12.1 Å². The van der Waals surface area contributed by atoms with E-state index in [0.717, 1.165) is 0 Å². The normalized spacial score (nSPS) is 10.6. The third-order valence-electron chi connectivity index (χ3n) is 2.53. The highest BCUT2D eigenvalue weighted by atomic mass is 16.3. The van der Waals surface area contributed by atoms with Crippen LogP contribution >= 0.6 is 0 Å². The molecule has 90 valence electrons. The molecule has 1 aromatic carbocycles. The molecule has 0 aliphatic heterocycles. The Balaban J connectivity index is 2.54. The standard InChI is InChI=1S/C11H14N4O2/c12-10-7(5-6-16)11(13)15(14-10)8-3-1-2-4-9(8)17/h1-4,16-17H,5-6,13H2,(H2,12,14). The van der Waals surface area contributed by atoms with E-state index in [1.165, 1.54) is 4.68 Å². The van der Waals surface area contributed by atoms with E-state index in [4.69, 9.17) is 16.6 Å². The van der Waals surface area contributed by atoms with Crippen LogP contribution in [-0.4, -0.2) is 26.6 Å². The number of aliphatic hydroxyl groups excluding tert-OH is 1. The molecule has 17 heavy (non-hydrogen) atoms. The van der Waals surface area contributed by atoms with Crippen molar-refractivity contribution in [3.05, 3.63) is 29.8 Å². The second-order valence-electron chi connectivity index (χ2n) is 3.62. The summed E-state index contributed by atoms with van der Waals surface area (Å²) in [7, 11) is 0. The highest BCUT2D eigenvalue weighted by Crippen LogP contribution is 2.27. The first-order valence-corrected chi connectivity index (χ1v) is 5.17. The summed E-state index contributed by atoms with van der Waals surface area (Å²) in [6, 6.07) is 6.69. The quantitative estimate of drug-likeness (QED) is 0.609. The van der Waals surface area contributed by atoms with Crippen LogP contribution in [0.2, 0.25) is 0 Å². The van der Waals surface area contributed by atoms with Gasteiger partial charge in [0.15, 0.2) is 5.82 Å². The molecular weight excluding hydrogens is 220 g/mol. The Kier molecular flexibility index (Phi) is 2.88. The highest BCUT2D eigenvalue weighted by Gasteiger charge is 2.15. The van der Waals surface area contributed by atoms with Crippen LogP contribution in [0.5, 0.6) is 5.75 Å². The molecule has 1 heterocycles. The maximum atomic E-state index is 9.71. The van der Waals surface area contributed by atoms with Gasteiger partial charge in [0.1, 0.15) is 17.3 Å². The molecule has 2 aromatic rings. The summed E-state index contributed by atoms with van der Waals surface area (Å²) in [6.07, 6.45) is 0.339. The van der Waals surface area contributed by atoms with Gasteiger partial charge in [0, 0.05) is 18.6 Å². The summed E-state index contributed by atoms with van der Waals surface area (Å²) in [5.74, 6) is 0.662. The molecule has 1 aromatic heterocycles. The topological polar surface area (TPSA) is 110 Å². The van der Waals surface area contributed by atoms with Crippen molar-refractivity contribution in [1.29, 1.82) is 0 Å². The number of phenolic OH excluding ortho intramolecular Hbond substituents is 1. The van der Waals surface area contributed by atoms with Gasteiger partial charge >= 0.3 is 0 Å². The smallest absolute Gasteiger partial charge is 0.151 e. The molecular formula is C11H14N4O2. The average molecular weight is 234 g/mol. The van der Waals surface area contributed by atoms with E-state index in [2.05, 4.69) is 5.10 Å². The number of hydrogen-bond donors (Lipinski definition) is 4. The van der Waals surface area contributed by atoms with Crippen molar-refractivity contribution in [2.45, 2.75) is 6.42 Å². The number of aliphatic hydroxyl groups is 1. The molecule has 6 N–H and O–H groups in total. The predicted molar refractivity (Wildman–Crippen MR) is 64.8 cm³/mol. The Morgan fingerprint density at radius 2 is 1.94 bits per heavy atom. The van der Waals surface area contributed by atoms with E-state index >= 15 is 0 Å². The van der Waals surface area contributed by atoms with Crippen molar-refractivity contribution in [3.8, 4) is 11.4 Å². The summed E-state index contributed by atoms with van der Waals surface area (Å²) in [5.41, 5.74) is 12.7. The molecule has 0 saturated heterocycles. The summed E-state index contributed by atoms with van der Waals surface area (Å²) in [4.78, 5) is 0. The van der Waals surface area contributed by atoms with Crippen LogP contribution in [0.15, 0.2) is 24.3 Å². The number of benzene rings is 1. The Labute approximate surface area is 98.1 Å². The number of rotatable bonds is 3. The summed E-state index contributed by atoms with van der Waals surface area (Å²) < 4.78 is 1.37. The molecule has 0 atom stereocenters. The largest absolute Gasteiger partial charge is 0.506 e. The molecule has 0 bridgehead atoms. The number of nitrogens with two attached hydrogens (primary N) is 2. The predicted octanol–water partition coefficient (Wildman–Crippen LogP) is 0.277. The minimum absolute atomic E-state index is 0.0547. The summed E-state index contributed by atoms with van der Waals surface area (Å²) in [6.45, 7) is -0.0547. The Morgan fingerprint density at radius 1 is 1.24 bits per heavy atom. The zero-order valence-electron chi connectivity index (χ0n) is 9.17. The van der Waals surface area contributed by atoms with E-state index < -0.39 is 0 Å². The Morgan fingerprint density at radius 3 is 2.59 bits per heavy atom. The zero-order chi connectivity index (χ0) is 12.4. The first-order chi connectivity index (χ1) is 8.15. The van der Waals surface area contributed by atoms with Gasteiger partial charge in [0.05, 0.1) is 0 Å². The van der Waals surface area contributed by atoms with Gasteiger partial charge in [0.25, 0.3) is 0 Å². The number of hydrogen-bond acceptors (Lipinski definition) is 5. The van der Waals surface area contributed by atoms with Gasteiger partial charge in [-0.05, 0) is 12.1 Å². The van der Waals surface area contributed by atoms with Crippen LogP contribution in [0.1, 0.15) is 5.56 Å². The van der Waals surface area contributed by atoms with Crippen LogP contribution in [0, 0.1) is 0 Å². The zero-order valence-corrected chi connectivity index (χ0v) is 9.17. The van der Waals surface area contributed by atoms with Crippen molar-refractivity contribution in [2.24, 2.45) is 0 Å². The van der Waals surface area contributed by atoms with Crippen molar-refractivity contribution >= 4 is 11.6 Å². The van der Waals surface area contributed by atoms with E-state index in [1.807, 2.05) is 0 Å². The van der Waals surface area contributed by atoms with Crippen molar-refractivity contribution in [3.63, 3.8) is 0 Å². The van der Waals surface area contributed by atoms with Crippen LogP contribution in [-0.2, 0) is 6.42 Å². The number of aromatic hydroxyl groups is 1. The van der Waals surface area contributed by atoms with Gasteiger partial charge in [-0.3, -0.25) is 0 Å². The summed E-state index contributed by atoms with van der Waals surface area (Å²) in [5, 5.41) is 22.7. The van der Waals surface area contributed by atoms with Crippen molar-refractivity contribution in [1.82, 2.24) is 9.78 Å². The molecule has 0 radical (unpaired) electrons. The molecule has 0 unspecified atom stereocenters. The van der Waals surface area contributed by atoms with E-state index in [0.29, 0.717) is 23.5 Å². The van der Waals surface area contributed by atoms with Gasteiger partial charge in [-0.25, -0.2) is 4.68 Å². The first kappa shape index (κ1) is 11.3. The molecule has 0 aliphatic rings. The molecule has 2 rings (SSSR count). The SMILES string of the molecule is Nc1nn(-c2ccccc2O)c(N)c1CCO. The van der Waals surface area contributed by atoms with Crippen LogP contribution < -0.4 is 11.5 Å². The van der Waals surface area contributed by atoms with Gasteiger partial charge < -0.3 is 21.7 Å². The maximum absolute atomic E-state index is 9.71. The third kappa shape index (κ3) is 1.90. The number of nitrogens with zero attached hydrogens (tertiary/aromatic N) is 2. The lowest BCUT2D eigenvalue weighted by Crippen LogP contribution is -2.04. The molecule has 0 amide bonds. The van der Waals surface area contributed by atoms with Crippen LogP contribution in [0.25, 0.3) is 5.69 Å². The third-order valence-corrected chi connectivity index (χ3v) is 2.53. The molecule has 6 heteroatoms. The fourth-order valence-electron chi connectivity index (χ4n) is 1.68. The number of phenols is 1. The second-order valence-corrected chi connectivity index (χ2v) is 3.62. The molecule has 0 aliphatic carbocycles. The molecule has 6 nitrogen and oxygen atoms in total. The lowest BCUT2D eigenvalue weighted by Gasteiger charge is -2.06. The fraction of sp³-hybridized carbons (Fsp3) is 0.182. The lowest BCUT2D eigenvalue weighted by molar-refractivity contribution is 0.300. The molecule has 0 fully saturated rings. The minimum Gasteiger partial charge on any atom is -0.506 e. The Hall–Kier alpha value is -2.21.